The van der Waals surface area contributed by atoms with E-state index in [1.807, 2.05) is 24.4 Å². The molecule has 2 N–H and O–H groups in total. The topological polar surface area (TPSA) is 56.7 Å². The van der Waals surface area contributed by atoms with Crippen LogP contribution in [-0.2, 0) is 12.1 Å². The van der Waals surface area contributed by atoms with Crippen LogP contribution in [0.2, 0.25) is 0 Å². The van der Waals surface area contributed by atoms with Crippen LogP contribution in [0, 0.1) is 0 Å². The van der Waals surface area contributed by atoms with Crippen molar-refractivity contribution in [3.63, 3.8) is 0 Å². The van der Waals surface area contributed by atoms with Gasteiger partial charge in [0.1, 0.15) is 5.54 Å². The highest BCUT2D eigenvalue weighted by Gasteiger charge is 2.41. The van der Waals surface area contributed by atoms with Gasteiger partial charge in [0, 0.05) is 12.1 Å². The van der Waals surface area contributed by atoms with Gasteiger partial charge in [-0.25, -0.2) is 4.68 Å². The summed E-state index contributed by atoms with van der Waals surface area (Å²) in [6.45, 7) is 0.520. The molecule has 6 aromatic rings. The van der Waals surface area contributed by atoms with Crippen LogP contribution in [-0.4, -0.2) is 15.0 Å². The monoisotopic (exact) mass is 492 g/mol. The molecule has 0 fully saturated rings. The summed E-state index contributed by atoms with van der Waals surface area (Å²) in [4.78, 5) is 0. The molecular weight excluding hydrogens is 464 g/mol. The molecule has 1 aromatic heterocycles. The highest BCUT2D eigenvalue weighted by molar-refractivity contribution is 5.82. The standard InChI is InChI=1S/C34H28N4/c35-24-26-20-22-27(23-21-26)31-18-10-11-19-32(31)33-25-36-37-38(33)34(28-12-4-1-5-13-28,29-14-6-2-7-15-29)30-16-8-3-9-17-30/h1-23,25H,24,35H2. The molecular formula is C34H28N4. The molecule has 184 valence electrons. The number of hydrogen-bond donors (Lipinski definition) is 1. The van der Waals surface area contributed by atoms with Gasteiger partial charge in [-0.3, -0.25) is 0 Å². The van der Waals surface area contributed by atoms with Crippen LogP contribution < -0.4 is 5.73 Å². The number of hydrogen-bond acceptors (Lipinski definition) is 3. The largest absolute Gasteiger partial charge is 0.326 e. The lowest BCUT2D eigenvalue weighted by Gasteiger charge is -2.37. The zero-order valence-electron chi connectivity index (χ0n) is 21.0. The highest BCUT2D eigenvalue weighted by Crippen LogP contribution is 2.43. The van der Waals surface area contributed by atoms with Crippen molar-refractivity contribution in [1.29, 1.82) is 0 Å². The van der Waals surface area contributed by atoms with E-state index in [1.165, 1.54) is 0 Å². The molecule has 0 bridgehead atoms. The van der Waals surface area contributed by atoms with E-state index >= 15 is 0 Å². The Morgan fingerprint density at radius 3 is 1.53 bits per heavy atom. The van der Waals surface area contributed by atoms with Gasteiger partial charge in [0.05, 0.1) is 11.9 Å². The van der Waals surface area contributed by atoms with Crippen molar-refractivity contribution in [2.24, 2.45) is 5.73 Å². The van der Waals surface area contributed by atoms with Crippen molar-refractivity contribution in [1.82, 2.24) is 15.0 Å². The van der Waals surface area contributed by atoms with Gasteiger partial charge in [-0.1, -0.05) is 145 Å². The Morgan fingerprint density at radius 1 is 0.553 bits per heavy atom. The van der Waals surface area contributed by atoms with Crippen LogP contribution >= 0.6 is 0 Å². The smallest absolute Gasteiger partial charge is 0.140 e. The van der Waals surface area contributed by atoms with E-state index in [0.29, 0.717) is 6.54 Å². The zero-order chi connectivity index (χ0) is 25.8. The zero-order valence-corrected chi connectivity index (χ0v) is 21.0. The minimum atomic E-state index is -0.744. The molecule has 0 saturated carbocycles. The summed E-state index contributed by atoms with van der Waals surface area (Å²) in [5, 5.41) is 9.31. The summed E-state index contributed by atoms with van der Waals surface area (Å²) in [6, 6.07) is 48.5. The first kappa shape index (κ1) is 23.6. The second-order valence-corrected chi connectivity index (χ2v) is 9.29. The van der Waals surface area contributed by atoms with E-state index in [2.05, 4.69) is 131 Å². The average molecular weight is 493 g/mol. The maximum absolute atomic E-state index is 5.86. The lowest BCUT2D eigenvalue weighted by molar-refractivity contribution is 0.451. The average Bonchev–Trinajstić information content (AvgIpc) is 3.49. The molecule has 4 nitrogen and oxygen atoms in total. The third-order valence-corrected chi connectivity index (χ3v) is 7.15. The summed E-state index contributed by atoms with van der Waals surface area (Å²) in [5.41, 5.74) is 13.8. The Morgan fingerprint density at radius 2 is 1.03 bits per heavy atom. The van der Waals surface area contributed by atoms with E-state index < -0.39 is 5.54 Å². The second-order valence-electron chi connectivity index (χ2n) is 9.29. The number of rotatable bonds is 7. The maximum Gasteiger partial charge on any atom is 0.140 e. The van der Waals surface area contributed by atoms with Gasteiger partial charge < -0.3 is 5.73 Å². The van der Waals surface area contributed by atoms with Gasteiger partial charge in [-0.05, 0) is 33.4 Å². The summed E-state index contributed by atoms with van der Waals surface area (Å²) < 4.78 is 2.08. The fraction of sp³-hybridized carbons (Fsp3) is 0.0588. The van der Waals surface area contributed by atoms with Crippen LogP contribution in [0.1, 0.15) is 22.3 Å². The summed E-state index contributed by atoms with van der Waals surface area (Å²) in [7, 11) is 0. The molecule has 0 aliphatic rings. The first-order valence-electron chi connectivity index (χ1n) is 12.8. The van der Waals surface area contributed by atoms with E-state index in [9.17, 15) is 0 Å². The predicted molar refractivity (Wildman–Crippen MR) is 153 cm³/mol. The lowest BCUT2D eigenvalue weighted by atomic mass is 9.76. The van der Waals surface area contributed by atoms with Crippen molar-refractivity contribution in [2.45, 2.75) is 12.1 Å². The number of benzene rings is 5. The first-order chi connectivity index (χ1) is 18.8. The maximum atomic E-state index is 5.86. The normalized spacial score (nSPS) is 11.4. The fourth-order valence-electron chi connectivity index (χ4n) is 5.35. The molecule has 0 aliphatic carbocycles. The van der Waals surface area contributed by atoms with Crippen LogP contribution in [0.25, 0.3) is 22.4 Å². The van der Waals surface area contributed by atoms with Crippen molar-refractivity contribution in [2.75, 3.05) is 0 Å². The third kappa shape index (κ3) is 4.01. The molecule has 0 unspecified atom stereocenters. The van der Waals surface area contributed by atoms with Crippen molar-refractivity contribution in [3.05, 3.63) is 168 Å². The van der Waals surface area contributed by atoms with Crippen LogP contribution in [0.5, 0.6) is 0 Å². The summed E-state index contributed by atoms with van der Waals surface area (Å²) >= 11 is 0. The van der Waals surface area contributed by atoms with Gasteiger partial charge in [0.25, 0.3) is 0 Å². The minimum absolute atomic E-state index is 0.520. The predicted octanol–water partition coefficient (Wildman–Crippen LogP) is 6.91. The van der Waals surface area contributed by atoms with Crippen LogP contribution in [0.3, 0.4) is 0 Å². The van der Waals surface area contributed by atoms with Gasteiger partial charge in [-0.15, -0.1) is 5.10 Å². The molecule has 0 spiro atoms. The van der Waals surface area contributed by atoms with Gasteiger partial charge in [0.2, 0.25) is 0 Å². The highest BCUT2D eigenvalue weighted by atomic mass is 15.5. The summed E-state index contributed by atoms with van der Waals surface area (Å²) in [5.74, 6) is 0. The Balaban J connectivity index is 1.66. The van der Waals surface area contributed by atoms with Gasteiger partial charge >= 0.3 is 0 Å². The Bertz CT molecular complexity index is 1530. The van der Waals surface area contributed by atoms with E-state index in [1.54, 1.807) is 0 Å². The van der Waals surface area contributed by atoms with Crippen LogP contribution in [0.4, 0.5) is 0 Å². The quantitative estimate of drug-likeness (QED) is 0.246. The SMILES string of the molecule is NCc1ccc(-c2ccccc2-c2cnnn2C(c2ccccc2)(c2ccccc2)c2ccccc2)cc1. The fourth-order valence-corrected chi connectivity index (χ4v) is 5.35. The third-order valence-electron chi connectivity index (χ3n) is 7.15. The first-order valence-corrected chi connectivity index (χ1v) is 12.8. The Labute approximate surface area is 223 Å². The van der Waals surface area contributed by atoms with E-state index in [0.717, 1.165) is 44.6 Å². The summed E-state index contributed by atoms with van der Waals surface area (Å²) in [6.07, 6.45) is 1.87. The molecule has 0 radical (unpaired) electrons. The molecule has 4 heteroatoms. The van der Waals surface area contributed by atoms with Gasteiger partial charge in [-0.2, -0.15) is 0 Å². The number of aromatic nitrogens is 3. The minimum Gasteiger partial charge on any atom is -0.326 e. The molecule has 5 aromatic carbocycles. The molecule has 0 aliphatic heterocycles. The van der Waals surface area contributed by atoms with E-state index in [-0.39, 0.29) is 0 Å². The number of nitrogens with two attached hydrogens (primary N) is 1. The van der Waals surface area contributed by atoms with Crippen molar-refractivity contribution < 1.29 is 0 Å². The van der Waals surface area contributed by atoms with Gasteiger partial charge in [0.15, 0.2) is 0 Å². The molecule has 0 saturated heterocycles. The Hall–Kier alpha value is -4.80. The molecule has 0 atom stereocenters. The lowest BCUT2D eigenvalue weighted by Crippen LogP contribution is -2.39. The molecule has 6 rings (SSSR count). The molecule has 0 amide bonds. The second kappa shape index (κ2) is 10.3. The molecule has 38 heavy (non-hydrogen) atoms. The molecule has 1 heterocycles. The Kier molecular flexibility index (Phi) is 6.39. The van der Waals surface area contributed by atoms with Crippen molar-refractivity contribution in [3.8, 4) is 22.4 Å². The number of nitrogens with zero attached hydrogens (tertiary/aromatic N) is 3. The van der Waals surface area contributed by atoms with Crippen LogP contribution in [0.15, 0.2) is 146 Å². The van der Waals surface area contributed by atoms with Crippen molar-refractivity contribution >= 4 is 0 Å². The van der Waals surface area contributed by atoms with E-state index in [4.69, 9.17) is 10.9 Å².